The van der Waals surface area contributed by atoms with Crippen molar-refractivity contribution in [3.63, 3.8) is 0 Å². The summed E-state index contributed by atoms with van der Waals surface area (Å²) >= 11 is 0. The molecule has 0 atom stereocenters. The summed E-state index contributed by atoms with van der Waals surface area (Å²) in [5.74, 6) is 2.32. The molecule has 1 amide bonds. The number of hydrogen-bond acceptors (Lipinski definition) is 4. The van der Waals surface area contributed by atoms with Crippen LogP contribution in [0.3, 0.4) is 0 Å². The Balaban J connectivity index is 0.00000280. The molecule has 0 bridgehead atoms. The summed E-state index contributed by atoms with van der Waals surface area (Å²) in [5, 5.41) is 6.15. The van der Waals surface area contributed by atoms with Crippen molar-refractivity contribution in [1.29, 1.82) is 0 Å². The number of likely N-dealkylation sites (tertiary alicyclic amines) is 1. The molecule has 0 saturated carbocycles. The van der Waals surface area contributed by atoms with Crippen molar-refractivity contribution in [2.45, 2.75) is 25.8 Å². The lowest BCUT2D eigenvalue weighted by Gasteiger charge is -2.34. The lowest BCUT2D eigenvalue weighted by atomic mass is 9.93. The van der Waals surface area contributed by atoms with Gasteiger partial charge in [0.2, 0.25) is 5.91 Å². The van der Waals surface area contributed by atoms with E-state index in [4.69, 9.17) is 0 Å². The number of guanidine groups is 1. The van der Waals surface area contributed by atoms with Crippen LogP contribution in [0, 0.1) is 5.92 Å². The summed E-state index contributed by atoms with van der Waals surface area (Å²) in [6.07, 6.45) is 9.79. The van der Waals surface area contributed by atoms with Gasteiger partial charge in [-0.1, -0.05) is 0 Å². The number of carbonyl (C=O) groups is 1. The van der Waals surface area contributed by atoms with E-state index >= 15 is 0 Å². The van der Waals surface area contributed by atoms with Gasteiger partial charge in [0, 0.05) is 58.7 Å². The molecule has 152 valence electrons. The molecule has 1 aliphatic heterocycles. The molecule has 0 unspecified atom stereocenters. The van der Waals surface area contributed by atoms with Crippen LogP contribution in [0.1, 0.15) is 24.8 Å². The third kappa shape index (κ3) is 5.91. The number of piperidine rings is 1. The van der Waals surface area contributed by atoms with E-state index in [-0.39, 0.29) is 29.9 Å². The number of aromatic nitrogens is 3. The number of nitrogens with one attached hydrogen (secondary N) is 2. The minimum Gasteiger partial charge on any atom is -0.359 e. The summed E-state index contributed by atoms with van der Waals surface area (Å²) in [6.45, 7) is 2.50. The number of imidazole rings is 1. The Morgan fingerprint density at radius 2 is 2.11 bits per heavy atom. The van der Waals surface area contributed by atoms with Gasteiger partial charge in [-0.15, -0.1) is 24.0 Å². The van der Waals surface area contributed by atoms with Crippen LogP contribution in [-0.2, 0) is 11.3 Å². The smallest absolute Gasteiger partial charge is 0.220 e. The van der Waals surface area contributed by atoms with Crippen LogP contribution in [0.25, 0.3) is 5.82 Å². The van der Waals surface area contributed by atoms with E-state index in [2.05, 4.69) is 30.5 Å². The highest BCUT2D eigenvalue weighted by molar-refractivity contribution is 14.0. The highest BCUT2D eigenvalue weighted by Gasteiger charge is 2.23. The van der Waals surface area contributed by atoms with E-state index in [0.29, 0.717) is 18.9 Å². The number of aliphatic imine (C=N–C) groups is 1. The topological polar surface area (TPSA) is 87.4 Å². The van der Waals surface area contributed by atoms with Crippen molar-refractivity contribution in [1.82, 2.24) is 30.1 Å². The second-order valence-corrected chi connectivity index (χ2v) is 6.70. The van der Waals surface area contributed by atoms with Gasteiger partial charge in [-0.05, 0) is 36.5 Å². The number of halogens is 1. The Hall–Kier alpha value is -2.17. The molecular weight excluding hydrogens is 469 g/mol. The Bertz CT molecular complexity index is 770. The summed E-state index contributed by atoms with van der Waals surface area (Å²) < 4.78 is 1.88. The van der Waals surface area contributed by atoms with Crippen molar-refractivity contribution in [2.24, 2.45) is 10.9 Å². The van der Waals surface area contributed by atoms with Gasteiger partial charge >= 0.3 is 0 Å². The third-order valence-corrected chi connectivity index (χ3v) is 4.91. The summed E-state index contributed by atoms with van der Waals surface area (Å²) in [5.41, 5.74) is 1.13. The molecule has 0 radical (unpaired) electrons. The van der Waals surface area contributed by atoms with Gasteiger partial charge in [0.1, 0.15) is 12.1 Å². The maximum atomic E-state index is 11.6. The fraction of sp³-hybridized carbons (Fsp3) is 0.474. The van der Waals surface area contributed by atoms with E-state index in [1.807, 2.05) is 29.9 Å². The van der Waals surface area contributed by atoms with E-state index < -0.39 is 0 Å². The largest absolute Gasteiger partial charge is 0.359 e. The molecule has 0 aromatic carbocycles. The van der Waals surface area contributed by atoms with Gasteiger partial charge in [0.25, 0.3) is 0 Å². The number of amides is 1. The fourth-order valence-corrected chi connectivity index (χ4v) is 3.33. The monoisotopic (exact) mass is 497 g/mol. The normalized spacial score (nSPS) is 15.1. The van der Waals surface area contributed by atoms with E-state index in [1.165, 1.54) is 0 Å². The number of hydrogen-bond donors (Lipinski definition) is 2. The van der Waals surface area contributed by atoms with Gasteiger partial charge in [0.15, 0.2) is 5.96 Å². The first-order chi connectivity index (χ1) is 13.2. The summed E-state index contributed by atoms with van der Waals surface area (Å²) in [4.78, 5) is 26.7. The molecule has 3 rings (SSSR count). The van der Waals surface area contributed by atoms with Crippen LogP contribution < -0.4 is 10.6 Å². The average molecular weight is 497 g/mol. The number of pyridine rings is 1. The molecule has 2 aromatic rings. The molecule has 2 aromatic heterocycles. The van der Waals surface area contributed by atoms with Gasteiger partial charge in [-0.3, -0.25) is 14.4 Å². The lowest BCUT2D eigenvalue weighted by Crippen LogP contribution is -2.45. The molecule has 1 fully saturated rings. The Labute approximate surface area is 182 Å². The van der Waals surface area contributed by atoms with Crippen LogP contribution in [-0.4, -0.2) is 58.5 Å². The number of rotatable bonds is 5. The molecular formula is C19H28IN7O. The van der Waals surface area contributed by atoms with Crippen LogP contribution in [0.4, 0.5) is 0 Å². The zero-order chi connectivity index (χ0) is 19.1. The first-order valence-electron chi connectivity index (χ1n) is 9.29. The summed E-state index contributed by atoms with van der Waals surface area (Å²) in [6, 6.07) is 4.04. The first-order valence-corrected chi connectivity index (χ1v) is 9.29. The van der Waals surface area contributed by atoms with Crippen molar-refractivity contribution < 1.29 is 4.79 Å². The Morgan fingerprint density at radius 1 is 1.32 bits per heavy atom. The zero-order valence-electron chi connectivity index (χ0n) is 16.3. The van der Waals surface area contributed by atoms with E-state index in [1.54, 1.807) is 25.8 Å². The fourth-order valence-electron chi connectivity index (χ4n) is 3.33. The predicted molar refractivity (Wildman–Crippen MR) is 120 cm³/mol. The zero-order valence-corrected chi connectivity index (χ0v) is 18.7. The van der Waals surface area contributed by atoms with Gasteiger partial charge in [0.05, 0.1) is 0 Å². The van der Waals surface area contributed by atoms with Crippen molar-refractivity contribution >= 4 is 35.8 Å². The van der Waals surface area contributed by atoms with Crippen molar-refractivity contribution in [3.8, 4) is 5.82 Å². The SMILES string of the molecule is CN=C(NCc1ccnc(-n2ccnc2)c1)N1CCC(CC(=O)NC)CC1.I. The maximum Gasteiger partial charge on any atom is 0.220 e. The van der Waals surface area contributed by atoms with Crippen LogP contribution in [0.5, 0.6) is 0 Å². The molecule has 1 aliphatic rings. The van der Waals surface area contributed by atoms with Gasteiger partial charge in [-0.25, -0.2) is 9.97 Å². The average Bonchev–Trinajstić information content (AvgIpc) is 3.24. The summed E-state index contributed by atoms with van der Waals surface area (Å²) in [7, 11) is 3.50. The second kappa shape index (κ2) is 11.0. The standard InChI is InChI=1S/C19H27N7O.HI/c1-20-18(27)12-15-4-8-25(9-5-15)19(21-2)24-13-16-3-6-23-17(11-16)26-10-7-22-14-26;/h3,6-7,10-11,14-15H,4-5,8-9,12-13H2,1-2H3,(H,20,27)(H,21,24);1H. The van der Waals surface area contributed by atoms with Crippen LogP contribution in [0.15, 0.2) is 42.0 Å². The Kier molecular flexibility index (Phi) is 8.68. The highest BCUT2D eigenvalue weighted by atomic mass is 127. The van der Waals surface area contributed by atoms with Gasteiger partial charge in [-0.2, -0.15) is 0 Å². The van der Waals surface area contributed by atoms with Crippen molar-refractivity contribution in [2.75, 3.05) is 27.2 Å². The quantitative estimate of drug-likeness (QED) is 0.374. The molecule has 0 spiro atoms. The maximum absolute atomic E-state index is 11.6. The van der Waals surface area contributed by atoms with E-state index in [0.717, 1.165) is 43.3 Å². The van der Waals surface area contributed by atoms with Crippen LogP contribution in [0.2, 0.25) is 0 Å². The molecule has 9 heteroatoms. The third-order valence-electron chi connectivity index (χ3n) is 4.91. The predicted octanol–water partition coefficient (Wildman–Crippen LogP) is 1.81. The second-order valence-electron chi connectivity index (χ2n) is 6.70. The van der Waals surface area contributed by atoms with Crippen molar-refractivity contribution in [3.05, 3.63) is 42.6 Å². The molecule has 3 heterocycles. The molecule has 8 nitrogen and oxygen atoms in total. The van der Waals surface area contributed by atoms with Crippen LogP contribution >= 0.6 is 24.0 Å². The first kappa shape index (κ1) is 22.1. The minimum absolute atomic E-state index is 0. The molecule has 28 heavy (non-hydrogen) atoms. The molecule has 2 N–H and O–H groups in total. The molecule has 0 aliphatic carbocycles. The highest BCUT2D eigenvalue weighted by Crippen LogP contribution is 2.20. The molecule has 1 saturated heterocycles. The van der Waals surface area contributed by atoms with E-state index in [9.17, 15) is 4.79 Å². The minimum atomic E-state index is 0. The van der Waals surface area contributed by atoms with Gasteiger partial charge < -0.3 is 15.5 Å². The Morgan fingerprint density at radius 3 is 2.75 bits per heavy atom. The lowest BCUT2D eigenvalue weighted by molar-refractivity contribution is -0.121. The number of nitrogens with zero attached hydrogens (tertiary/aromatic N) is 5. The number of carbonyl (C=O) groups excluding carboxylic acids is 1.